The zero-order valence-electron chi connectivity index (χ0n) is 20.5. The fraction of sp³-hybridized carbons (Fsp3) is 0.417. The average Bonchev–Trinajstić information content (AvgIpc) is 3.47. The Balaban J connectivity index is 1.46. The van der Waals surface area contributed by atoms with Gasteiger partial charge in [-0.3, -0.25) is 10.1 Å². The van der Waals surface area contributed by atoms with Crippen LogP contribution in [-0.2, 0) is 4.74 Å². The molecule has 0 spiro atoms. The van der Waals surface area contributed by atoms with Gasteiger partial charge in [-0.15, -0.1) is 0 Å². The van der Waals surface area contributed by atoms with Crippen LogP contribution in [0.3, 0.4) is 0 Å². The van der Waals surface area contributed by atoms with Gasteiger partial charge in [0.05, 0.1) is 43.2 Å². The van der Waals surface area contributed by atoms with E-state index in [0.29, 0.717) is 40.8 Å². The predicted molar refractivity (Wildman–Crippen MR) is 130 cm³/mol. The van der Waals surface area contributed by atoms with Crippen molar-refractivity contribution in [2.24, 2.45) is 0 Å². The number of carbonyl (C=O) groups is 1. The van der Waals surface area contributed by atoms with Gasteiger partial charge in [0, 0.05) is 18.5 Å². The van der Waals surface area contributed by atoms with Crippen molar-refractivity contribution in [3.8, 4) is 28.8 Å². The quantitative estimate of drug-likeness (QED) is 0.443. The fourth-order valence-corrected chi connectivity index (χ4v) is 3.86. The Kier molecular flexibility index (Phi) is 7.19. The SMILES string of the molecule is COc1cncc(O[C@@H]2CC[C@H](NC(=O)OC(C)(C)C)C2)c1-c1cc(Nc2cnc(C#N)cn2)n[nH]1. The van der Waals surface area contributed by atoms with Crippen LogP contribution in [0, 0.1) is 11.3 Å². The molecule has 3 heterocycles. The topological polar surface area (TPSA) is 160 Å². The second-order valence-corrected chi connectivity index (χ2v) is 9.30. The van der Waals surface area contributed by atoms with Gasteiger partial charge in [0.2, 0.25) is 0 Å². The molecular weight excluding hydrogens is 464 g/mol. The first-order valence-corrected chi connectivity index (χ1v) is 11.5. The van der Waals surface area contributed by atoms with Gasteiger partial charge in [0.15, 0.2) is 17.3 Å². The largest absolute Gasteiger partial charge is 0.494 e. The summed E-state index contributed by atoms with van der Waals surface area (Å²) in [5.41, 5.74) is 0.990. The molecule has 12 nitrogen and oxygen atoms in total. The maximum Gasteiger partial charge on any atom is 0.407 e. The molecule has 2 atom stereocenters. The number of anilines is 2. The highest BCUT2D eigenvalue weighted by Gasteiger charge is 2.30. The zero-order chi connectivity index (χ0) is 25.7. The van der Waals surface area contributed by atoms with Crippen LogP contribution < -0.4 is 20.1 Å². The molecule has 0 bridgehead atoms. The van der Waals surface area contributed by atoms with E-state index in [1.807, 2.05) is 26.8 Å². The van der Waals surface area contributed by atoms with Crippen LogP contribution in [0.1, 0.15) is 45.7 Å². The fourth-order valence-electron chi connectivity index (χ4n) is 3.86. The minimum absolute atomic E-state index is 0.0386. The maximum atomic E-state index is 12.1. The molecule has 3 aromatic heterocycles. The predicted octanol–water partition coefficient (Wildman–Crippen LogP) is 3.71. The third kappa shape index (κ3) is 6.18. The smallest absolute Gasteiger partial charge is 0.407 e. The number of H-pyrrole nitrogens is 1. The van der Waals surface area contributed by atoms with Gasteiger partial charge in [-0.2, -0.15) is 10.4 Å². The van der Waals surface area contributed by atoms with E-state index < -0.39 is 11.7 Å². The number of methoxy groups -OCH3 is 1. The Morgan fingerprint density at radius 3 is 2.64 bits per heavy atom. The monoisotopic (exact) mass is 492 g/mol. The van der Waals surface area contributed by atoms with Crippen molar-refractivity contribution in [1.29, 1.82) is 5.26 Å². The van der Waals surface area contributed by atoms with E-state index in [-0.39, 0.29) is 17.8 Å². The molecule has 4 rings (SSSR count). The van der Waals surface area contributed by atoms with Crippen molar-refractivity contribution < 1.29 is 19.0 Å². The minimum Gasteiger partial charge on any atom is -0.494 e. The molecule has 1 saturated carbocycles. The molecule has 1 aliphatic rings. The highest BCUT2D eigenvalue weighted by atomic mass is 16.6. The van der Waals surface area contributed by atoms with Gasteiger partial charge in [-0.1, -0.05) is 0 Å². The van der Waals surface area contributed by atoms with Gasteiger partial charge < -0.3 is 24.8 Å². The van der Waals surface area contributed by atoms with Crippen LogP contribution in [0.25, 0.3) is 11.3 Å². The second-order valence-electron chi connectivity index (χ2n) is 9.30. The van der Waals surface area contributed by atoms with E-state index in [9.17, 15) is 4.79 Å². The molecule has 0 unspecified atom stereocenters. The molecule has 188 valence electrons. The molecule has 3 N–H and O–H groups in total. The van der Waals surface area contributed by atoms with Gasteiger partial charge in [0.25, 0.3) is 0 Å². The standard InChI is InChI=1S/C24H28N8O4/c1-24(2,3)36-23(33)29-14-5-6-16(7-14)35-19-12-26-11-18(34-4)22(19)17-8-20(32-31-17)30-21-13-27-15(9-25)10-28-21/h8,10-14,16H,5-7H2,1-4H3,(H,29,33)(H2,28,30,31,32)/t14-,16+/m0/s1. The Labute approximate surface area is 208 Å². The number of aromatic amines is 1. The number of nitrogens with one attached hydrogen (secondary N) is 3. The van der Waals surface area contributed by atoms with E-state index in [2.05, 4.69) is 35.8 Å². The summed E-state index contributed by atoms with van der Waals surface area (Å²) in [4.78, 5) is 24.5. The van der Waals surface area contributed by atoms with Crippen molar-refractivity contribution in [2.75, 3.05) is 12.4 Å². The van der Waals surface area contributed by atoms with E-state index in [0.717, 1.165) is 12.8 Å². The first kappa shape index (κ1) is 24.7. The van der Waals surface area contributed by atoms with Crippen LogP contribution >= 0.6 is 0 Å². The number of pyridine rings is 1. The summed E-state index contributed by atoms with van der Waals surface area (Å²) in [6.07, 6.45) is 7.70. The lowest BCUT2D eigenvalue weighted by atomic mass is 10.1. The number of nitrogens with zero attached hydrogens (tertiary/aromatic N) is 5. The van der Waals surface area contributed by atoms with E-state index in [4.69, 9.17) is 19.5 Å². The highest BCUT2D eigenvalue weighted by molar-refractivity contribution is 5.75. The first-order chi connectivity index (χ1) is 17.2. The number of ether oxygens (including phenoxy) is 3. The average molecular weight is 493 g/mol. The number of hydrogen-bond acceptors (Lipinski definition) is 10. The molecule has 1 aliphatic carbocycles. The first-order valence-electron chi connectivity index (χ1n) is 11.5. The van der Waals surface area contributed by atoms with Gasteiger partial charge >= 0.3 is 6.09 Å². The van der Waals surface area contributed by atoms with Crippen molar-refractivity contribution in [1.82, 2.24) is 30.5 Å². The normalized spacial score (nSPS) is 17.2. The van der Waals surface area contributed by atoms with Crippen molar-refractivity contribution in [3.63, 3.8) is 0 Å². The summed E-state index contributed by atoms with van der Waals surface area (Å²) in [6.45, 7) is 5.50. The number of rotatable bonds is 7. The Morgan fingerprint density at radius 1 is 1.14 bits per heavy atom. The molecule has 0 radical (unpaired) electrons. The lowest BCUT2D eigenvalue weighted by Gasteiger charge is -2.22. The molecule has 1 fully saturated rings. The molecule has 3 aromatic rings. The summed E-state index contributed by atoms with van der Waals surface area (Å²) in [5, 5.41) is 22.1. The molecule has 12 heteroatoms. The van der Waals surface area contributed by atoms with Gasteiger partial charge in [-0.05, 0) is 33.6 Å². The Morgan fingerprint density at radius 2 is 1.94 bits per heavy atom. The second kappa shape index (κ2) is 10.5. The Bertz CT molecular complexity index is 1250. The Hall–Kier alpha value is -4.40. The third-order valence-electron chi connectivity index (χ3n) is 5.37. The van der Waals surface area contributed by atoms with Crippen LogP contribution in [-0.4, -0.2) is 56.1 Å². The van der Waals surface area contributed by atoms with E-state index in [1.54, 1.807) is 25.6 Å². The number of aromatic nitrogens is 5. The van der Waals surface area contributed by atoms with Crippen LogP contribution in [0.4, 0.5) is 16.4 Å². The molecule has 0 aliphatic heterocycles. The van der Waals surface area contributed by atoms with Crippen molar-refractivity contribution in [3.05, 3.63) is 36.5 Å². The van der Waals surface area contributed by atoms with E-state index in [1.165, 1.54) is 12.4 Å². The number of amides is 1. The number of nitriles is 1. The summed E-state index contributed by atoms with van der Waals surface area (Å²) >= 11 is 0. The number of carbonyl (C=O) groups excluding carboxylic acids is 1. The molecule has 1 amide bonds. The van der Waals surface area contributed by atoms with Crippen LogP contribution in [0.2, 0.25) is 0 Å². The third-order valence-corrected chi connectivity index (χ3v) is 5.37. The highest BCUT2D eigenvalue weighted by Crippen LogP contribution is 2.39. The summed E-state index contributed by atoms with van der Waals surface area (Å²) in [5.74, 6) is 1.99. The lowest BCUT2D eigenvalue weighted by molar-refractivity contribution is 0.0503. The zero-order valence-corrected chi connectivity index (χ0v) is 20.5. The summed E-state index contributed by atoms with van der Waals surface area (Å²) in [7, 11) is 1.56. The number of hydrogen-bond donors (Lipinski definition) is 3. The molecule has 36 heavy (non-hydrogen) atoms. The lowest BCUT2D eigenvalue weighted by Crippen LogP contribution is -2.38. The van der Waals surface area contributed by atoms with E-state index >= 15 is 0 Å². The minimum atomic E-state index is -0.551. The van der Waals surface area contributed by atoms with Crippen LogP contribution in [0.15, 0.2) is 30.9 Å². The van der Waals surface area contributed by atoms with Crippen molar-refractivity contribution >= 4 is 17.7 Å². The number of alkyl carbamates (subject to hydrolysis) is 1. The van der Waals surface area contributed by atoms with Gasteiger partial charge in [0.1, 0.15) is 29.3 Å². The van der Waals surface area contributed by atoms with Gasteiger partial charge in [-0.25, -0.2) is 14.8 Å². The van der Waals surface area contributed by atoms with Crippen molar-refractivity contribution in [2.45, 2.75) is 57.8 Å². The molecule has 0 aromatic carbocycles. The summed E-state index contributed by atoms with van der Waals surface area (Å²) in [6, 6.07) is 3.67. The van der Waals surface area contributed by atoms with Crippen LogP contribution in [0.5, 0.6) is 11.5 Å². The summed E-state index contributed by atoms with van der Waals surface area (Å²) < 4.78 is 17.2. The molecular formula is C24H28N8O4. The maximum absolute atomic E-state index is 12.1. The molecule has 0 saturated heterocycles.